The molecule has 0 bridgehead atoms. The summed E-state index contributed by atoms with van der Waals surface area (Å²) in [5.74, 6) is 1.36. The number of likely N-dealkylation sites (N-methyl/N-ethyl adjacent to an activating group) is 1. The molecule has 2 aliphatic heterocycles. The number of ether oxygens (including phenoxy) is 1. The Morgan fingerprint density at radius 1 is 0.789 bits per heavy atom. The largest absolute Gasteiger partial charge is 0.456 e. The van der Waals surface area contributed by atoms with E-state index in [2.05, 4.69) is 53.4 Å². The van der Waals surface area contributed by atoms with Crippen molar-refractivity contribution in [2.45, 2.75) is 6.92 Å². The van der Waals surface area contributed by atoms with Gasteiger partial charge in [0.2, 0.25) is 0 Å². The molecule has 4 aromatic rings. The molecule has 0 spiro atoms. The molecule has 186 valence electrons. The predicted octanol–water partition coefficient (Wildman–Crippen LogP) is 8.18. The average molecular weight is 533 g/mol. The Balaban J connectivity index is 1.41. The number of carbonyl (C=O) groups is 1. The fourth-order valence-corrected chi connectivity index (χ4v) is 6.11. The Hall–Kier alpha value is -4.13. The number of thiocarbonyl (C=S) groups is 1. The second-order valence-electron chi connectivity index (χ2n) is 8.82. The number of thioether (sulfide) groups is 1. The first-order chi connectivity index (χ1) is 18.6. The second kappa shape index (κ2) is 10.3. The molecule has 6 rings (SSSR count). The quantitative estimate of drug-likeness (QED) is 0.191. The van der Waals surface area contributed by atoms with Gasteiger partial charge in [-0.05, 0) is 67.6 Å². The van der Waals surface area contributed by atoms with E-state index in [1.54, 1.807) is 4.90 Å². The van der Waals surface area contributed by atoms with Crippen LogP contribution in [0, 0.1) is 0 Å². The molecule has 4 aromatic carbocycles. The van der Waals surface area contributed by atoms with Gasteiger partial charge in [-0.15, -0.1) is 0 Å². The molecule has 0 atom stereocenters. The lowest BCUT2D eigenvalue weighted by atomic mass is 9.98. The maximum atomic E-state index is 13.2. The number of fused-ring (bicyclic) bond motifs is 1. The standard InChI is InChI=1S/C32H24N2O2S2/c1-2-33-31(35)30(38-32(33)37)27-21-29(36-28-16-10-9-15-26(27)28)22-17-19-25(20-18-22)34(23-11-5-3-6-12-23)24-13-7-4-8-14-24/h3-21H,2H2,1H3. The van der Waals surface area contributed by atoms with Crippen molar-refractivity contribution in [3.05, 3.63) is 131 Å². The molecule has 0 N–H and O–H groups in total. The minimum Gasteiger partial charge on any atom is -0.456 e. The number of amides is 1. The van der Waals surface area contributed by atoms with Gasteiger partial charge in [0.15, 0.2) is 0 Å². The first kappa shape index (κ1) is 24.2. The molecule has 0 aliphatic carbocycles. The molecule has 1 amide bonds. The van der Waals surface area contributed by atoms with E-state index >= 15 is 0 Å². The van der Waals surface area contributed by atoms with Crippen LogP contribution in [0.5, 0.6) is 5.75 Å². The molecular formula is C32H24N2O2S2. The third kappa shape index (κ3) is 4.42. The Morgan fingerprint density at radius 3 is 1.97 bits per heavy atom. The lowest BCUT2D eigenvalue weighted by molar-refractivity contribution is -0.122. The van der Waals surface area contributed by atoms with Gasteiger partial charge in [0, 0.05) is 40.3 Å². The van der Waals surface area contributed by atoms with Crippen LogP contribution < -0.4 is 9.64 Å². The van der Waals surface area contributed by atoms with Crippen LogP contribution in [0.3, 0.4) is 0 Å². The van der Waals surface area contributed by atoms with Crippen molar-refractivity contribution in [3.63, 3.8) is 0 Å². The van der Waals surface area contributed by atoms with E-state index in [0.717, 1.165) is 39.5 Å². The molecule has 2 aliphatic rings. The summed E-state index contributed by atoms with van der Waals surface area (Å²) in [6.45, 7) is 2.49. The SMILES string of the molecule is CCN1C(=O)C(=C2C=C(c3ccc(N(c4ccccc4)c4ccccc4)cc3)Oc3ccccc32)SC1=S. The third-order valence-corrected chi connectivity index (χ3v) is 7.99. The van der Waals surface area contributed by atoms with E-state index in [1.165, 1.54) is 11.8 Å². The minimum atomic E-state index is -0.0542. The number of para-hydroxylation sites is 3. The van der Waals surface area contributed by atoms with E-state index in [0.29, 0.717) is 21.5 Å². The first-order valence-electron chi connectivity index (χ1n) is 12.4. The van der Waals surface area contributed by atoms with Gasteiger partial charge in [-0.2, -0.15) is 0 Å². The van der Waals surface area contributed by atoms with Crippen molar-refractivity contribution < 1.29 is 9.53 Å². The van der Waals surface area contributed by atoms with Crippen LogP contribution in [0.4, 0.5) is 17.1 Å². The maximum Gasteiger partial charge on any atom is 0.266 e. The number of allylic oxidation sites excluding steroid dienone is 2. The summed E-state index contributed by atoms with van der Waals surface area (Å²) in [4.78, 5) is 17.7. The molecule has 2 heterocycles. The fourth-order valence-electron chi connectivity index (χ4n) is 4.68. The highest BCUT2D eigenvalue weighted by molar-refractivity contribution is 8.26. The molecule has 1 saturated heterocycles. The number of anilines is 3. The summed E-state index contributed by atoms with van der Waals surface area (Å²) in [6.07, 6.45) is 1.96. The maximum absolute atomic E-state index is 13.2. The zero-order chi connectivity index (χ0) is 26.1. The highest BCUT2D eigenvalue weighted by atomic mass is 32.2. The molecule has 0 saturated carbocycles. The van der Waals surface area contributed by atoms with Gasteiger partial charge in [0.25, 0.3) is 5.91 Å². The Labute approximate surface area is 231 Å². The summed E-state index contributed by atoms with van der Waals surface area (Å²) < 4.78 is 6.93. The summed E-state index contributed by atoms with van der Waals surface area (Å²) in [7, 11) is 0. The zero-order valence-electron chi connectivity index (χ0n) is 20.7. The lowest BCUT2D eigenvalue weighted by Gasteiger charge is -2.26. The van der Waals surface area contributed by atoms with E-state index in [1.807, 2.05) is 73.7 Å². The molecule has 0 radical (unpaired) electrons. The van der Waals surface area contributed by atoms with E-state index in [-0.39, 0.29) is 5.91 Å². The van der Waals surface area contributed by atoms with Gasteiger partial charge < -0.3 is 9.64 Å². The number of benzene rings is 4. The Bertz CT molecular complexity index is 1540. The fraction of sp³-hybridized carbons (Fsp3) is 0.0625. The Morgan fingerprint density at radius 2 is 1.37 bits per heavy atom. The number of rotatable bonds is 5. The lowest BCUT2D eigenvalue weighted by Crippen LogP contribution is -2.27. The first-order valence-corrected chi connectivity index (χ1v) is 13.6. The van der Waals surface area contributed by atoms with Crippen LogP contribution in [-0.2, 0) is 4.79 Å². The van der Waals surface area contributed by atoms with E-state index < -0.39 is 0 Å². The summed E-state index contributed by atoms with van der Waals surface area (Å²) in [5, 5.41) is 0. The van der Waals surface area contributed by atoms with Crippen molar-refractivity contribution in [3.8, 4) is 5.75 Å². The summed E-state index contributed by atoms with van der Waals surface area (Å²) in [5.41, 5.74) is 5.85. The molecule has 0 unspecified atom stereocenters. The van der Waals surface area contributed by atoms with Crippen LogP contribution in [0.15, 0.2) is 120 Å². The predicted molar refractivity (Wildman–Crippen MR) is 161 cm³/mol. The Kier molecular flexibility index (Phi) is 6.58. The van der Waals surface area contributed by atoms with Crippen LogP contribution >= 0.6 is 24.0 Å². The van der Waals surface area contributed by atoms with Gasteiger partial charge in [-0.3, -0.25) is 9.69 Å². The van der Waals surface area contributed by atoms with E-state index in [9.17, 15) is 4.79 Å². The molecular weight excluding hydrogens is 508 g/mol. The normalized spacial score (nSPS) is 16.7. The number of hydrogen-bond donors (Lipinski definition) is 0. The number of carbonyl (C=O) groups excluding carboxylic acids is 1. The van der Waals surface area contributed by atoms with Gasteiger partial charge >= 0.3 is 0 Å². The smallest absolute Gasteiger partial charge is 0.266 e. The third-order valence-electron chi connectivity index (χ3n) is 6.52. The van der Waals surface area contributed by atoms with Crippen LogP contribution in [0.1, 0.15) is 18.1 Å². The van der Waals surface area contributed by atoms with Gasteiger partial charge in [-0.1, -0.05) is 78.6 Å². The minimum absolute atomic E-state index is 0.0542. The highest BCUT2D eigenvalue weighted by Crippen LogP contribution is 2.44. The zero-order valence-corrected chi connectivity index (χ0v) is 22.3. The number of nitrogens with zero attached hydrogens (tertiary/aromatic N) is 2. The van der Waals surface area contributed by atoms with Crippen LogP contribution in [0.2, 0.25) is 0 Å². The molecule has 4 nitrogen and oxygen atoms in total. The van der Waals surface area contributed by atoms with Crippen molar-refractivity contribution in [1.82, 2.24) is 4.90 Å². The van der Waals surface area contributed by atoms with Crippen molar-refractivity contribution in [2.24, 2.45) is 0 Å². The second-order valence-corrected chi connectivity index (χ2v) is 10.5. The monoisotopic (exact) mass is 532 g/mol. The van der Waals surface area contributed by atoms with E-state index in [4.69, 9.17) is 17.0 Å². The van der Waals surface area contributed by atoms with Crippen LogP contribution in [-0.4, -0.2) is 21.7 Å². The molecule has 0 aromatic heterocycles. The van der Waals surface area contributed by atoms with Crippen molar-refractivity contribution in [1.29, 1.82) is 0 Å². The van der Waals surface area contributed by atoms with Crippen LogP contribution in [0.25, 0.3) is 11.3 Å². The average Bonchev–Trinajstić information content (AvgIpc) is 3.26. The highest BCUT2D eigenvalue weighted by Gasteiger charge is 2.35. The number of hydrogen-bond acceptors (Lipinski definition) is 5. The summed E-state index contributed by atoms with van der Waals surface area (Å²) in [6, 6.07) is 36.7. The van der Waals surface area contributed by atoms with Gasteiger partial charge in [0.1, 0.15) is 15.8 Å². The summed E-state index contributed by atoms with van der Waals surface area (Å²) >= 11 is 6.84. The van der Waals surface area contributed by atoms with Gasteiger partial charge in [-0.25, -0.2) is 0 Å². The molecule has 38 heavy (non-hydrogen) atoms. The molecule has 1 fully saturated rings. The van der Waals surface area contributed by atoms with Crippen molar-refractivity contribution >= 4 is 62.6 Å². The molecule has 6 heteroatoms. The van der Waals surface area contributed by atoms with Gasteiger partial charge in [0.05, 0.1) is 4.91 Å². The van der Waals surface area contributed by atoms with Crippen molar-refractivity contribution in [2.75, 3.05) is 11.4 Å². The topological polar surface area (TPSA) is 32.8 Å².